The van der Waals surface area contributed by atoms with Crippen LogP contribution < -0.4 is 16.4 Å². The first kappa shape index (κ1) is 14.0. The van der Waals surface area contributed by atoms with Crippen LogP contribution in [0.4, 0.5) is 0 Å². The van der Waals surface area contributed by atoms with Crippen LogP contribution in [0.1, 0.15) is 20.3 Å². The average Bonchev–Trinajstić information content (AvgIpc) is 2.27. The number of aromatic nitrogens is 3. The summed E-state index contributed by atoms with van der Waals surface area (Å²) in [6, 6.07) is 0.337. The van der Waals surface area contributed by atoms with Crippen LogP contribution in [0.25, 0.3) is 0 Å². The summed E-state index contributed by atoms with van der Waals surface area (Å²) >= 11 is 1.47. The lowest BCUT2D eigenvalue weighted by atomic mass is 10.2. The Bertz CT molecular complexity index is 478. The van der Waals surface area contributed by atoms with Crippen LogP contribution in [0.5, 0.6) is 0 Å². The van der Waals surface area contributed by atoms with Gasteiger partial charge in [-0.05, 0) is 13.5 Å². The molecule has 1 heterocycles. The SMILES string of the molecule is CCC(NC)C(C)Sc1nc(=O)c(=O)[nH]n1C. The molecule has 0 spiro atoms. The highest BCUT2D eigenvalue weighted by Crippen LogP contribution is 2.22. The lowest BCUT2D eigenvalue weighted by molar-refractivity contribution is 0.535. The molecule has 1 rings (SSSR count). The molecule has 0 aliphatic heterocycles. The minimum atomic E-state index is -0.740. The molecule has 96 valence electrons. The third-order valence-corrected chi connectivity index (χ3v) is 3.89. The molecule has 0 saturated heterocycles. The summed E-state index contributed by atoms with van der Waals surface area (Å²) in [6.45, 7) is 4.16. The van der Waals surface area contributed by atoms with Gasteiger partial charge < -0.3 is 5.32 Å². The van der Waals surface area contributed by atoms with Crippen molar-refractivity contribution < 1.29 is 0 Å². The minimum absolute atomic E-state index is 0.258. The molecule has 1 aromatic heterocycles. The zero-order valence-electron chi connectivity index (χ0n) is 10.5. The van der Waals surface area contributed by atoms with E-state index >= 15 is 0 Å². The molecule has 0 saturated carbocycles. The van der Waals surface area contributed by atoms with Gasteiger partial charge in [-0.1, -0.05) is 25.6 Å². The predicted octanol–water partition coefficient (Wildman–Crippen LogP) is -0.0528. The molecule has 17 heavy (non-hydrogen) atoms. The van der Waals surface area contributed by atoms with Gasteiger partial charge in [0.2, 0.25) is 0 Å². The predicted molar refractivity (Wildman–Crippen MR) is 68.6 cm³/mol. The van der Waals surface area contributed by atoms with Gasteiger partial charge in [0.1, 0.15) is 0 Å². The Labute approximate surface area is 104 Å². The standard InChI is InChI=1S/C10H18N4O2S/c1-5-7(11-3)6(2)17-10-12-8(15)9(16)13-14(10)4/h6-7,11H,5H2,1-4H3,(H,13,16). The van der Waals surface area contributed by atoms with Crippen LogP contribution >= 0.6 is 11.8 Å². The second-order valence-electron chi connectivity index (χ2n) is 3.83. The van der Waals surface area contributed by atoms with E-state index in [4.69, 9.17) is 0 Å². The molecule has 2 unspecified atom stereocenters. The Morgan fingerprint density at radius 2 is 2.18 bits per heavy atom. The first-order chi connectivity index (χ1) is 7.99. The Morgan fingerprint density at radius 3 is 2.71 bits per heavy atom. The molecule has 1 aromatic rings. The van der Waals surface area contributed by atoms with Crippen LogP contribution in [-0.4, -0.2) is 33.1 Å². The molecule has 0 amide bonds. The maximum Gasteiger partial charge on any atom is 0.339 e. The molecule has 0 radical (unpaired) electrons. The maximum absolute atomic E-state index is 11.2. The van der Waals surface area contributed by atoms with Gasteiger partial charge >= 0.3 is 11.1 Å². The molecule has 0 bridgehead atoms. The largest absolute Gasteiger partial charge is 0.339 e. The Hall–Kier alpha value is -1.08. The summed E-state index contributed by atoms with van der Waals surface area (Å²) in [4.78, 5) is 26.0. The van der Waals surface area contributed by atoms with Gasteiger partial charge in [-0.3, -0.25) is 19.4 Å². The van der Waals surface area contributed by atoms with E-state index in [1.165, 1.54) is 16.4 Å². The van der Waals surface area contributed by atoms with E-state index in [1.807, 2.05) is 7.05 Å². The summed E-state index contributed by atoms with van der Waals surface area (Å²) in [5.74, 6) is 0. The van der Waals surface area contributed by atoms with Crippen molar-refractivity contribution in [3.8, 4) is 0 Å². The Kier molecular flexibility index (Phi) is 4.95. The molecular formula is C10H18N4O2S. The summed E-state index contributed by atoms with van der Waals surface area (Å²) in [5.41, 5.74) is -1.43. The number of hydrogen-bond acceptors (Lipinski definition) is 5. The van der Waals surface area contributed by atoms with E-state index in [9.17, 15) is 9.59 Å². The topological polar surface area (TPSA) is 79.8 Å². The van der Waals surface area contributed by atoms with Crippen molar-refractivity contribution in [2.75, 3.05) is 7.05 Å². The second kappa shape index (κ2) is 6.02. The van der Waals surface area contributed by atoms with E-state index in [0.717, 1.165) is 6.42 Å². The number of thioether (sulfide) groups is 1. The normalized spacial score (nSPS) is 14.6. The van der Waals surface area contributed by atoms with Crippen molar-refractivity contribution >= 4 is 11.8 Å². The summed E-state index contributed by atoms with van der Waals surface area (Å²) in [6.07, 6.45) is 0.988. The lowest BCUT2D eigenvalue weighted by Crippen LogP contribution is -2.36. The van der Waals surface area contributed by atoms with Crippen molar-refractivity contribution in [2.24, 2.45) is 7.05 Å². The molecule has 2 atom stereocenters. The molecule has 0 aliphatic carbocycles. The molecule has 0 aliphatic rings. The number of H-pyrrole nitrogens is 1. The van der Waals surface area contributed by atoms with Crippen LogP contribution in [-0.2, 0) is 7.05 Å². The molecule has 6 nitrogen and oxygen atoms in total. The third-order valence-electron chi connectivity index (χ3n) is 2.62. The van der Waals surface area contributed by atoms with E-state index in [0.29, 0.717) is 11.2 Å². The first-order valence-corrected chi connectivity index (χ1v) is 6.38. The van der Waals surface area contributed by atoms with Crippen molar-refractivity contribution in [2.45, 2.75) is 36.7 Å². The zero-order valence-corrected chi connectivity index (χ0v) is 11.3. The van der Waals surface area contributed by atoms with E-state index in [2.05, 4.69) is 29.2 Å². The fourth-order valence-corrected chi connectivity index (χ4v) is 2.75. The highest BCUT2D eigenvalue weighted by atomic mass is 32.2. The fraction of sp³-hybridized carbons (Fsp3) is 0.700. The van der Waals surface area contributed by atoms with Gasteiger partial charge in [0.15, 0.2) is 5.16 Å². The van der Waals surface area contributed by atoms with E-state index in [-0.39, 0.29) is 5.25 Å². The lowest BCUT2D eigenvalue weighted by Gasteiger charge is -2.21. The Morgan fingerprint density at radius 1 is 1.53 bits per heavy atom. The molecule has 7 heteroatoms. The van der Waals surface area contributed by atoms with E-state index < -0.39 is 11.1 Å². The van der Waals surface area contributed by atoms with Crippen molar-refractivity contribution in [1.29, 1.82) is 0 Å². The highest BCUT2D eigenvalue weighted by molar-refractivity contribution is 7.99. The molecule has 0 aromatic carbocycles. The summed E-state index contributed by atoms with van der Waals surface area (Å²) in [7, 11) is 3.58. The molecular weight excluding hydrogens is 240 g/mol. The second-order valence-corrected chi connectivity index (χ2v) is 5.17. The van der Waals surface area contributed by atoms with Crippen LogP contribution in [0.3, 0.4) is 0 Å². The Balaban J connectivity index is 2.92. The monoisotopic (exact) mass is 258 g/mol. The van der Waals surface area contributed by atoms with Crippen molar-refractivity contribution in [3.63, 3.8) is 0 Å². The quantitative estimate of drug-likeness (QED) is 0.571. The van der Waals surface area contributed by atoms with Gasteiger partial charge in [-0.2, -0.15) is 4.98 Å². The molecule has 2 N–H and O–H groups in total. The smallest absolute Gasteiger partial charge is 0.316 e. The van der Waals surface area contributed by atoms with Crippen molar-refractivity contribution in [3.05, 3.63) is 20.7 Å². The minimum Gasteiger partial charge on any atom is -0.316 e. The summed E-state index contributed by atoms with van der Waals surface area (Å²) in [5, 5.41) is 6.42. The van der Waals surface area contributed by atoms with Gasteiger partial charge in [0.25, 0.3) is 0 Å². The highest BCUT2D eigenvalue weighted by Gasteiger charge is 2.17. The number of aryl methyl sites for hydroxylation is 1. The number of nitrogens with zero attached hydrogens (tertiary/aromatic N) is 2. The average molecular weight is 258 g/mol. The maximum atomic E-state index is 11.2. The number of hydrogen-bond donors (Lipinski definition) is 2. The molecule has 0 fully saturated rings. The zero-order chi connectivity index (χ0) is 13.0. The van der Waals surface area contributed by atoms with Gasteiger partial charge in [-0.25, -0.2) is 0 Å². The number of rotatable bonds is 5. The first-order valence-electron chi connectivity index (χ1n) is 5.50. The van der Waals surface area contributed by atoms with Crippen LogP contribution in [0, 0.1) is 0 Å². The number of nitrogens with one attached hydrogen (secondary N) is 2. The van der Waals surface area contributed by atoms with Crippen molar-refractivity contribution in [1.82, 2.24) is 20.1 Å². The van der Waals surface area contributed by atoms with E-state index in [1.54, 1.807) is 7.05 Å². The van der Waals surface area contributed by atoms with Gasteiger partial charge in [0.05, 0.1) is 0 Å². The third kappa shape index (κ3) is 3.44. The van der Waals surface area contributed by atoms with Crippen LogP contribution in [0.15, 0.2) is 14.7 Å². The van der Waals surface area contributed by atoms with Gasteiger partial charge in [-0.15, -0.1) is 0 Å². The number of aromatic amines is 1. The summed E-state index contributed by atoms with van der Waals surface area (Å²) < 4.78 is 1.48. The fourth-order valence-electron chi connectivity index (χ4n) is 1.59. The van der Waals surface area contributed by atoms with Gasteiger partial charge in [0, 0.05) is 18.3 Å². The van der Waals surface area contributed by atoms with Crippen LogP contribution in [0.2, 0.25) is 0 Å².